The van der Waals surface area contributed by atoms with E-state index in [1.54, 1.807) is 0 Å². The molecule has 1 fully saturated rings. The van der Waals surface area contributed by atoms with E-state index in [0.29, 0.717) is 6.42 Å². The molecule has 1 unspecified atom stereocenters. The molecule has 0 amide bonds. The highest BCUT2D eigenvalue weighted by molar-refractivity contribution is 5.82. The van der Waals surface area contributed by atoms with Gasteiger partial charge in [-0.1, -0.05) is 18.2 Å². The van der Waals surface area contributed by atoms with Gasteiger partial charge >= 0.3 is 0 Å². The molecule has 4 heteroatoms. The Morgan fingerprint density at radius 1 is 1.30 bits per heavy atom. The fourth-order valence-electron chi connectivity index (χ4n) is 3.17. The van der Waals surface area contributed by atoms with E-state index in [-0.39, 0.29) is 0 Å². The quantitative estimate of drug-likeness (QED) is 0.900. The highest BCUT2D eigenvalue weighted by atomic mass is 16.3. The number of hydrogen-bond acceptors (Lipinski definition) is 3. The Morgan fingerprint density at radius 3 is 3.00 bits per heavy atom. The van der Waals surface area contributed by atoms with E-state index in [1.807, 2.05) is 16.8 Å². The van der Waals surface area contributed by atoms with Crippen LogP contribution in [-0.4, -0.2) is 33.6 Å². The van der Waals surface area contributed by atoms with E-state index >= 15 is 0 Å². The summed E-state index contributed by atoms with van der Waals surface area (Å²) in [4.78, 5) is 0. The zero-order valence-electron chi connectivity index (χ0n) is 12.1. The molecular weight excluding hydrogens is 250 g/mol. The van der Waals surface area contributed by atoms with E-state index in [4.69, 9.17) is 5.10 Å². The second-order valence-corrected chi connectivity index (χ2v) is 5.78. The van der Waals surface area contributed by atoms with Crippen molar-refractivity contribution in [3.63, 3.8) is 0 Å². The summed E-state index contributed by atoms with van der Waals surface area (Å²) in [6.45, 7) is 4.86. The third kappa shape index (κ3) is 2.58. The average molecular weight is 273 g/mol. The van der Waals surface area contributed by atoms with Gasteiger partial charge in [0.25, 0.3) is 0 Å². The van der Waals surface area contributed by atoms with Crippen LogP contribution in [0, 0.1) is 0 Å². The first kappa shape index (κ1) is 13.6. The summed E-state index contributed by atoms with van der Waals surface area (Å²) in [5, 5.41) is 20.1. The van der Waals surface area contributed by atoms with Gasteiger partial charge < -0.3 is 10.4 Å². The van der Waals surface area contributed by atoms with Gasteiger partial charge in [-0.05, 0) is 45.3 Å². The third-order valence-corrected chi connectivity index (χ3v) is 4.29. The number of nitrogens with one attached hydrogen (secondary N) is 1. The molecule has 0 saturated carbocycles. The number of aliphatic hydroxyl groups is 1. The lowest BCUT2D eigenvalue weighted by Gasteiger charge is -2.25. The van der Waals surface area contributed by atoms with Crippen LogP contribution in [0.25, 0.3) is 10.9 Å². The SMILES string of the molecule is CCn1nc(CC2(O)CCCNCC2)c2ccccc21. The van der Waals surface area contributed by atoms with Crippen molar-refractivity contribution in [2.75, 3.05) is 13.1 Å². The smallest absolute Gasteiger partial charge is 0.0732 e. The highest BCUT2D eigenvalue weighted by Crippen LogP contribution is 2.28. The number of para-hydroxylation sites is 1. The van der Waals surface area contributed by atoms with Crippen molar-refractivity contribution in [3.8, 4) is 0 Å². The van der Waals surface area contributed by atoms with Gasteiger partial charge in [-0.2, -0.15) is 5.10 Å². The van der Waals surface area contributed by atoms with Crippen molar-refractivity contribution in [1.29, 1.82) is 0 Å². The number of nitrogens with zero attached hydrogens (tertiary/aromatic N) is 2. The lowest BCUT2D eigenvalue weighted by atomic mass is 9.89. The number of hydrogen-bond donors (Lipinski definition) is 2. The molecule has 4 nitrogen and oxygen atoms in total. The van der Waals surface area contributed by atoms with Gasteiger partial charge in [0.2, 0.25) is 0 Å². The van der Waals surface area contributed by atoms with Crippen LogP contribution in [0.15, 0.2) is 24.3 Å². The summed E-state index contributed by atoms with van der Waals surface area (Å²) >= 11 is 0. The molecule has 1 saturated heterocycles. The summed E-state index contributed by atoms with van der Waals surface area (Å²) in [6.07, 6.45) is 3.35. The van der Waals surface area contributed by atoms with Crippen LogP contribution in [0.5, 0.6) is 0 Å². The first-order chi connectivity index (χ1) is 9.72. The van der Waals surface area contributed by atoms with Crippen molar-refractivity contribution < 1.29 is 5.11 Å². The number of aryl methyl sites for hydroxylation is 1. The number of benzene rings is 1. The molecule has 1 aromatic heterocycles. The molecule has 2 aromatic rings. The molecule has 0 spiro atoms. The molecule has 1 aliphatic heterocycles. The fourth-order valence-corrected chi connectivity index (χ4v) is 3.17. The fraction of sp³-hybridized carbons (Fsp3) is 0.562. The summed E-state index contributed by atoms with van der Waals surface area (Å²) in [5.74, 6) is 0. The van der Waals surface area contributed by atoms with Crippen LogP contribution < -0.4 is 5.32 Å². The Hall–Kier alpha value is -1.39. The molecule has 3 rings (SSSR count). The minimum absolute atomic E-state index is 0.612. The van der Waals surface area contributed by atoms with Crippen LogP contribution in [0.1, 0.15) is 31.9 Å². The van der Waals surface area contributed by atoms with Gasteiger partial charge in [-0.25, -0.2) is 0 Å². The molecule has 1 aromatic carbocycles. The summed E-state index contributed by atoms with van der Waals surface area (Å²) in [7, 11) is 0. The molecule has 1 aliphatic rings. The molecule has 0 radical (unpaired) electrons. The third-order valence-electron chi connectivity index (χ3n) is 4.29. The van der Waals surface area contributed by atoms with Crippen molar-refractivity contribution >= 4 is 10.9 Å². The predicted octanol–water partition coefficient (Wildman–Crippen LogP) is 2.10. The normalized spacial score (nSPS) is 23.9. The predicted molar refractivity (Wildman–Crippen MR) is 80.8 cm³/mol. The minimum atomic E-state index is -0.612. The Labute approximate surface area is 119 Å². The lowest BCUT2D eigenvalue weighted by molar-refractivity contribution is 0.0277. The van der Waals surface area contributed by atoms with Crippen LogP contribution >= 0.6 is 0 Å². The highest BCUT2D eigenvalue weighted by Gasteiger charge is 2.30. The molecule has 1 atom stereocenters. The zero-order chi connectivity index (χ0) is 14.0. The second-order valence-electron chi connectivity index (χ2n) is 5.78. The van der Waals surface area contributed by atoms with E-state index < -0.39 is 5.60 Å². The van der Waals surface area contributed by atoms with E-state index in [1.165, 1.54) is 10.9 Å². The molecule has 20 heavy (non-hydrogen) atoms. The maximum atomic E-state index is 10.9. The Kier molecular flexibility index (Phi) is 3.76. The van der Waals surface area contributed by atoms with Crippen molar-refractivity contribution in [3.05, 3.63) is 30.0 Å². The van der Waals surface area contributed by atoms with Crippen molar-refractivity contribution in [1.82, 2.24) is 15.1 Å². The standard InChI is InChI=1S/C16H23N3O/c1-2-19-15-7-4-3-6-13(15)14(18-19)12-16(20)8-5-10-17-11-9-16/h3-4,6-7,17,20H,2,5,8-12H2,1H3. The number of rotatable bonds is 3. The van der Waals surface area contributed by atoms with Crippen molar-refractivity contribution in [2.45, 2.75) is 44.8 Å². The molecule has 2 heterocycles. The second kappa shape index (κ2) is 5.54. The first-order valence-electron chi connectivity index (χ1n) is 7.59. The maximum absolute atomic E-state index is 10.9. The zero-order valence-corrected chi connectivity index (χ0v) is 12.1. The van der Waals surface area contributed by atoms with E-state index in [0.717, 1.165) is 44.6 Å². The Balaban J connectivity index is 1.93. The van der Waals surface area contributed by atoms with E-state index in [9.17, 15) is 5.11 Å². The van der Waals surface area contributed by atoms with Crippen LogP contribution in [0.4, 0.5) is 0 Å². The lowest BCUT2D eigenvalue weighted by Crippen LogP contribution is -2.32. The average Bonchev–Trinajstić information content (AvgIpc) is 2.65. The van der Waals surface area contributed by atoms with E-state index in [2.05, 4.69) is 24.4 Å². The monoisotopic (exact) mass is 273 g/mol. The number of fused-ring (bicyclic) bond motifs is 1. The molecule has 0 bridgehead atoms. The minimum Gasteiger partial charge on any atom is -0.389 e. The summed E-state index contributed by atoms with van der Waals surface area (Å²) < 4.78 is 2.03. The topological polar surface area (TPSA) is 50.1 Å². The van der Waals surface area contributed by atoms with Gasteiger partial charge in [0.1, 0.15) is 0 Å². The molecule has 2 N–H and O–H groups in total. The van der Waals surface area contributed by atoms with Gasteiger partial charge in [0.15, 0.2) is 0 Å². The van der Waals surface area contributed by atoms with Gasteiger partial charge in [0, 0.05) is 18.4 Å². The Bertz CT molecular complexity index is 582. The van der Waals surface area contributed by atoms with Crippen LogP contribution in [0.3, 0.4) is 0 Å². The van der Waals surface area contributed by atoms with Crippen LogP contribution in [0.2, 0.25) is 0 Å². The number of aromatic nitrogens is 2. The van der Waals surface area contributed by atoms with Gasteiger partial charge in [0.05, 0.1) is 16.8 Å². The largest absolute Gasteiger partial charge is 0.389 e. The molecular formula is C16H23N3O. The van der Waals surface area contributed by atoms with Gasteiger partial charge in [-0.3, -0.25) is 4.68 Å². The first-order valence-corrected chi connectivity index (χ1v) is 7.59. The van der Waals surface area contributed by atoms with Gasteiger partial charge in [-0.15, -0.1) is 0 Å². The molecule has 0 aliphatic carbocycles. The Morgan fingerprint density at radius 2 is 2.15 bits per heavy atom. The maximum Gasteiger partial charge on any atom is 0.0732 e. The molecule has 108 valence electrons. The van der Waals surface area contributed by atoms with Crippen molar-refractivity contribution in [2.24, 2.45) is 0 Å². The van der Waals surface area contributed by atoms with Crippen LogP contribution in [-0.2, 0) is 13.0 Å². The summed E-state index contributed by atoms with van der Waals surface area (Å²) in [6, 6.07) is 8.31. The summed E-state index contributed by atoms with van der Waals surface area (Å²) in [5.41, 5.74) is 1.59.